The van der Waals surface area contributed by atoms with Crippen molar-refractivity contribution in [3.8, 4) is 0 Å². The third kappa shape index (κ3) is 2.95. The first kappa shape index (κ1) is 20.2. The number of furan rings is 2. The van der Waals surface area contributed by atoms with Gasteiger partial charge in [0.25, 0.3) is 0 Å². The van der Waals surface area contributed by atoms with Crippen LogP contribution in [0.5, 0.6) is 0 Å². The molecule has 0 saturated carbocycles. The molecular weight excluding hydrogens is 454 g/mol. The van der Waals surface area contributed by atoms with Crippen molar-refractivity contribution in [3.63, 3.8) is 0 Å². The maximum Gasteiger partial charge on any atom is 0.159 e. The Balaban J connectivity index is 1.48. The molecule has 0 atom stereocenters. The van der Waals surface area contributed by atoms with E-state index in [1.165, 1.54) is 10.8 Å². The molecule has 0 spiro atoms. The van der Waals surface area contributed by atoms with Gasteiger partial charge in [0.15, 0.2) is 5.58 Å². The van der Waals surface area contributed by atoms with Crippen molar-refractivity contribution in [3.05, 3.63) is 127 Å². The quantitative estimate of drug-likeness (QED) is 0.255. The Hall–Kier alpha value is -5.02. The lowest BCUT2D eigenvalue weighted by Crippen LogP contribution is -2.10. The number of benzene rings is 6. The summed E-state index contributed by atoms with van der Waals surface area (Å²) < 4.78 is 12.9. The van der Waals surface area contributed by atoms with E-state index < -0.39 is 0 Å². The van der Waals surface area contributed by atoms with Crippen LogP contribution < -0.4 is 4.90 Å². The van der Waals surface area contributed by atoms with Gasteiger partial charge in [-0.15, -0.1) is 0 Å². The Morgan fingerprint density at radius 3 is 2.00 bits per heavy atom. The average Bonchev–Trinajstić information content (AvgIpc) is 3.53. The van der Waals surface area contributed by atoms with Crippen LogP contribution in [-0.2, 0) is 0 Å². The lowest BCUT2D eigenvalue weighted by Gasteiger charge is -2.26. The Morgan fingerprint density at radius 2 is 1.08 bits per heavy atom. The summed E-state index contributed by atoms with van der Waals surface area (Å²) in [7, 11) is 0. The molecule has 174 valence electrons. The van der Waals surface area contributed by atoms with Gasteiger partial charge in [-0.3, -0.25) is 0 Å². The van der Waals surface area contributed by atoms with Crippen LogP contribution in [0.15, 0.2) is 136 Å². The maximum atomic E-state index is 6.80. The van der Waals surface area contributed by atoms with Crippen molar-refractivity contribution in [2.75, 3.05) is 4.90 Å². The number of hydrogen-bond donors (Lipinski definition) is 0. The largest absolute Gasteiger partial charge is 0.456 e. The molecule has 0 amide bonds. The molecule has 8 aromatic rings. The standard InChI is InChI=1S/C34H21NO2/c1-2-12-23(13-3-1)35(28-17-8-11-22-10-4-5-14-24(22)28)29-18-9-16-25-26-20-21-31-32(34(26)37-33(25)29)27-15-6-7-19-30(27)36-31/h1-21H. The van der Waals surface area contributed by atoms with Crippen LogP contribution in [0.3, 0.4) is 0 Å². The van der Waals surface area contributed by atoms with Gasteiger partial charge in [0.05, 0.1) is 16.8 Å². The normalized spacial score (nSPS) is 11.8. The third-order valence-electron chi connectivity index (χ3n) is 7.25. The molecular formula is C34H21NO2. The fraction of sp³-hybridized carbons (Fsp3) is 0. The highest BCUT2D eigenvalue weighted by Gasteiger charge is 2.22. The first-order valence-corrected chi connectivity index (χ1v) is 12.5. The van der Waals surface area contributed by atoms with Crippen LogP contribution in [-0.4, -0.2) is 0 Å². The maximum absolute atomic E-state index is 6.80. The smallest absolute Gasteiger partial charge is 0.159 e. The van der Waals surface area contributed by atoms with E-state index in [4.69, 9.17) is 8.83 Å². The molecule has 0 N–H and O–H groups in total. The van der Waals surface area contributed by atoms with Crippen molar-refractivity contribution in [1.82, 2.24) is 0 Å². The number of hydrogen-bond acceptors (Lipinski definition) is 3. The summed E-state index contributed by atoms with van der Waals surface area (Å²) >= 11 is 0. The zero-order valence-corrected chi connectivity index (χ0v) is 19.9. The molecule has 0 radical (unpaired) electrons. The number of para-hydroxylation sites is 3. The molecule has 0 unspecified atom stereocenters. The van der Waals surface area contributed by atoms with Crippen molar-refractivity contribution in [2.24, 2.45) is 0 Å². The van der Waals surface area contributed by atoms with Gasteiger partial charge in [-0.2, -0.15) is 0 Å². The number of fused-ring (bicyclic) bond motifs is 8. The third-order valence-corrected chi connectivity index (χ3v) is 7.25. The molecule has 37 heavy (non-hydrogen) atoms. The minimum atomic E-state index is 0.836. The van der Waals surface area contributed by atoms with Crippen LogP contribution in [0.1, 0.15) is 0 Å². The summed E-state index contributed by atoms with van der Waals surface area (Å²) in [5, 5.41) is 6.64. The summed E-state index contributed by atoms with van der Waals surface area (Å²) in [5.74, 6) is 0. The zero-order valence-electron chi connectivity index (χ0n) is 19.9. The van der Waals surface area contributed by atoms with Gasteiger partial charge in [0, 0.05) is 27.2 Å². The fourth-order valence-electron chi connectivity index (χ4n) is 5.61. The van der Waals surface area contributed by atoms with Gasteiger partial charge >= 0.3 is 0 Å². The molecule has 0 saturated heterocycles. The first-order valence-electron chi connectivity index (χ1n) is 12.5. The Labute approximate surface area is 212 Å². The Morgan fingerprint density at radius 1 is 0.405 bits per heavy atom. The molecule has 6 aromatic carbocycles. The molecule has 0 fully saturated rings. The first-order chi connectivity index (χ1) is 18.4. The SMILES string of the molecule is c1ccc(N(c2cccc3ccccc23)c2cccc3c2oc2c3ccc3oc4ccccc4c32)cc1. The predicted molar refractivity (Wildman–Crippen MR) is 153 cm³/mol. The van der Waals surface area contributed by atoms with E-state index in [0.717, 1.165) is 60.9 Å². The molecule has 8 rings (SSSR count). The van der Waals surface area contributed by atoms with E-state index in [2.05, 4.69) is 108 Å². The molecule has 0 aliphatic heterocycles. The predicted octanol–water partition coefficient (Wildman–Crippen LogP) is 10.1. The van der Waals surface area contributed by atoms with E-state index in [9.17, 15) is 0 Å². The van der Waals surface area contributed by atoms with E-state index in [1.807, 2.05) is 24.3 Å². The molecule has 2 aromatic heterocycles. The molecule has 0 aliphatic carbocycles. The minimum absolute atomic E-state index is 0.836. The molecule has 3 heteroatoms. The van der Waals surface area contributed by atoms with Crippen LogP contribution in [0.2, 0.25) is 0 Å². The van der Waals surface area contributed by atoms with Gasteiger partial charge in [0.2, 0.25) is 0 Å². The second kappa shape index (κ2) is 7.74. The summed E-state index contributed by atoms with van der Waals surface area (Å²) in [6, 6.07) is 44.2. The second-order valence-electron chi connectivity index (χ2n) is 9.34. The highest BCUT2D eigenvalue weighted by molar-refractivity contribution is 6.23. The lowest BCUT2D eigenvalue weighted by atomic mass is 10.0. The van der Waals surface area contributed by atoms with Crippen molar-refractivity contribution in [2.45, 2.75) is 0 Å². The van der Waals surface area contributed by atoms with Crippen molar-refractivity contribution in [1.29, 1.82) is 0 Å². The van der Waals surface area contributed by atoms with E-state index in [1.54, 1.807) is 0 Å². The Kier molecular flexibility index (Phi) is 4.23. The Bertz CT molecular complexity index is 2090. The fourth-order valence-corrected chi connectivity index (χ4v) is 5.61. The van der Waals surface area contributed by atoms with Crippen LogP contribution >= 0.6 is 0 Å². The summed E-state index contributed by atoms with van der Waals surface area (Å²) in [6.45, 7) is 0. The molecule has 3 nitrogen and oxygen atoms in total. The van der Waals surface area contributed by atoms with Gasteiger partial charge < -0.3 is 13.7 Å². The van der Waals surface area contributed by atoms with Crippen LogP contribution in [0.4, 0.5) is 17.1 Å². The number of anilines is 3. The number of rotatable bonds is 3. The van der Waals surface area contributed by atoms with Gasteiger partial charge in [-0.05, 0) is 47.9 Å². The molecule has 2 heterocycles. The van der Waals surface area contributed by atoms with Gasteiger partial charge in [-0.1, -0.05) is 84.9 Å². The van der Waals surface area contributed by atoms with Crippen LogP contribution in [0.25, 0.3) is 54.6 Å². The minimum Gasteiger partial charge on any atom is -0.456 e. The van der Waals surface area contributed by atoms with E-state index >= 15 is 0 Å². The summed E-state index contributed by atoms with van der Waals surface area (Å²) in [5.41, 5.74) is 6.60. The highest BCUT2D eigenvalue weighted by atomic mass is 16.3. The highest BCUT2D eigenvalue weighted by Crippen LogP contribution is 2.46. The summed E-state index contributed by atoms with van der Waals surface area (Å²) in [6.07, 6.45) is 0. The number of nitrogens with zero attached hydrogens (tertiary/aromatic N) is 1. The van der Waals surface area contributed by atoms with Crippen LogP contribution in [0, 0.1) is 0 Å². The molecule has 0 bridgehead atoms. The van der Waals surface area contributed by atoms with Crippen molar-refractivity contribution >= 4 is 71.7 Å². The average molecular weight is 476 g/mol. The van der Waals surface area contributed by atoms with Gasteiger partial charge in [-0.25, -0.2) is 0 Å². The second-order valence-corrected chi connectivity index (χ2v) is 9.34. The van der Waals surface area contributed by atoms with E-state index in [0.29, 0.717) is 0 Å². The zero-order chi connectivity index (χ0) is 24.3. The topological polar surface area (TPSA) is 29.5 Å². The van der Waals surface area contributed by atoms with E-state index in [-0.39, 0.29) is 0 Å². The van der Waals surface area contributed by atoms with Gasteiger partial charge in [0.1, 0.15) is 16.7 Å². The monoisotopic (exact) mass is 475 g/mol. The molecule has 0 aliphatic rings. The lowest BCUT2D eigenvalue weighted by molar-refractivity contribution is 0.663. The van der Waals surface area contributed by atoms with Crippen molar-refractivity contribution < 1.29 is 8.83 Å². The summed E-state index contributed by atoms with van der Waals surface area (Å²) in [4.78, 5) is 2.30.